The van der Waals surface area contributed by atoms with E-state index in [1.165, 1.54) is 4.90 Å². The maximum Gasteiger partial charge on any atom is 0.411 e. The molecule has 0 bridgehead atoms. The van der Waals surface area contributed by atoms with Crippen LogP contribution >= 0.6 is 0 Å². The van der Waals surface area contributed by atoms with E-state index in [-0.39, 0.29) is 5.91 Å². The van der Waals surface area contributed by atoms with Gasteiger partial charge in [0, 0.05) is 26.1 Å². The van der Waals surface area contributed by atoms with E-state index >= 15 is 0 Å². The summed E-state index contributed by atoms with van der Waals surface area (Å²) in [4.78, 5) is 37.4. The molecule has 1 aliphatic heterocycles. The summed E-state index contributed by atoms with van der Waals surface area (Å²) in [6.07, 6.45) is 0.645. The first-order valence-corrected chi connectivity index (χ1v) is 6.48. The summed E-state index contributed by atoms with van der Waals surface area (Å²) >= 11 is 0. The van der Waals surface area contributed by atoms with E-state index in [1.54, 1.807) is 32.6 Å². The molecule has 19 heavy (non-hydrogen) atoms. The van der Waals surface area contributed by atoms with Crippen molar-refractivity contribution < 1.29 is 19.1 Å². The summed E-state index contributed by atoms with van der Waals surface area (Å²) in [5.74, 6) is -0.140. The molecule has 108 valence electrons. The number of rotatable bonds is 3. The van der Waals surface area contributed by atoms with Crippen molar-refractivity contribution in [3.63, 3.8) is 0 Å². The summed E-state index contributed by atoms with van der Waals surface area (Å²) in [6, 6.07) is -0.546. The van der Waals surface area contributed by atoms with Gasteiger partial charge in [0.15, 0.2) is 0 Å². The van der Waals surface area contributed by atoms with E-state index in [0.717, 1.165) is 6.29 Å². The van der Waals surface area contributed by atoms with Gasteiger partial charge in [-0.25, -0.2) is 4.79 Å². The molecule has 0 aromatic heterocycles. The Morgan fingerprint density at radius 2 is 2.05 bits per heavy atom. The van der Waals surface area contributed by atoms with Crippen molar-refractivity contribution in [3.8, 4) is 0 Å². The number of hydrogen-bond acceptors (Lipinski definition) is 4. The summed E-state index contributed by atoms with van der Waals surface area (Å²) in [5.41, 5.74) is -0.575. The fourth-order valence-corrected chi connectivity index (χ4v) is 1.93. The lowest BCUT2D eigenvalue weighted by atomic mass is 10.1. The van der Waals surface area contributed by atoms with Gasteiger partial charge < -0.3 is 14.4 Å². The summed E-state index contributed by atoms with van der Waals surface area (Å²) in [6.45, 7) is 8.33. The van der Waals surface area contributed by atoms with Crippen molar-refractivity contribution in [2.45, 2.75) is 45.8 Å². The summed E-state index contributed by atoms with van der Waals surface area (Å²) in [5, 5.41) is 0. The molecule has 6 heteroatoms. The number of nitrogens with zero attached hydrogens (tertiary/aromatic N) is 2. The van der Waals surface area contributed by atoms with Crippen molar-refractivity contribution in [2.75, 3.05) is 19.6 Å². The van der Waals surface area contributed by atoms with E-state index in [0.29, 0.717) is 26.1 Å². The zero-order valence-corrected chi connectivity index (χ0v) is 12.0. The minimum Gasteiger partial charge on any atom is -0.444 e. The first-order chi connectivity index (χ1) is 8.76. The number of piperazine rings is 1. The lowest BCUT2D eigenvalue weighted by Crippen LogP contribution is -2.58. The Bertz CT molecular complexity index is 362. The summed E-state index contributed by atoms with van der Waals surface area (Å²) in [7, 11) is 0. The molecule has 0 saturated carbocycles. The third kappa shape index (κ3) is 4.22. The zero-order chi connectivity index (χ0) is 14.6. The third-order valence-electron chi connectivity index (χ3n) is 2.89. The maximum atomic E-state index is 12.1. The highest BCUT2D eigenvalue weighted by Crippen LogP contribution is 2.16. The van der Waals surface area contributed by atoms with Crippen LogP contribution in [0.5, 0.6) is 0 Å². The fraction of sp³-hybridized carbons (Fsp3) is 0.769. The minimum atomic E-state index is -0.575. The molecule has 1 heterocycles. The third-order valence-corrected chi connectivity index (χ3v) is 2.89. The van der Waals surface area contributed by atoms with Crippen LogP contribution in [0, 0.1) is 0 Å². The van der Waals surface area contributed by atoms with Gasteiger partial charge in [0.1, 0.15) is 17.9 Å². The van der Waals surface area contributed by atoms with Crippen LogP contribution in [0.1, 0.15) is 34.1 Å². The van der Waals surface area contributed by atoms with Gasteiger partial charge in [-0.05, 0) is 27.7 Å². The van der Waals surface area contributed by atoms with Crippen LogP contribution < -0.4 is 0 Å². The summed E-state index contributed by atoms with van der Waals surface area (Å²) < 4.78 is 5.27. The van der Waals surface area contributed by atoms with E-state index in [1.807, 2.05) is 0 Å². The Hall–Kier alpha value is -1.59. The Balaban J connectivity index is 2.63. The molecule has 1 fully saturated rings. The second-order valence-corrected chi connectivity index (χ2v) is 5.63. The van der Waals surface area contributed by atoms with Crippen LogP contribution in [-0.4, -0.2) is 59.4 Å². The molecule has 0 unspecified atom stereocenters. The van der Waals surface area contributed by atoms with E-state index in [9.17, 15) is 14.4 Å². The van der Waals surface area contributed by atoms with Gasteiger partial charge >= 0.3 is 6.09 Å². The average Bonchev–Trinajstić information content (AvgIpc) is 2.28. The molecule has 1 atom stereocenters. The minimum absolute atomic E-state index is 0.140. The quantitative estimate of drug-likeness (QED) is 0.719. The Kier molecular flexibility index (Phi) is 4.91. The zero-order valence-electron chi connectivity index (χ0n) is 12.0. The van der Waals surface area contributed by atoms with Crippen molar-refractivity contribution in [1.29, 1.82) is 0 Å². The standard InChI is InChI=1S/C13H22N2O4/c1-10-11(17)14(6-5-9-16)7-8-15(10)12(18)19-13(2,3)4/h9-10H,5-8H2,1-4H3/t10-/m1/s1. The molecule has 0 N–H and O–H groups in total. The molecule has 0 aliphatic carbocycles. The lowest BCUT2D eigenvalue weighted by molar-refractivity contribution is -0.140. The first kappa shape index (κ1) is 15.5. The molecule has 1 rings (SSSR count). The van der Waals surface area contributed by atoms with Gasteiger partial charge in [0.2, 0.25) is 5.91 Å². The molecule has 6 nitrogen and oxygen atoms in total. The normalized spacial score (nSPS) is 20.4. The Labute approximate surface area is 113 Å². The average molecular weight is 270 g/mol. The maximum absolute atomic E-state index is 12.1. The van der Waals surface area contributed by atoms with E-state index < -0.39 is 17.7 Å². The second kappa shape index (κ2) is 6.04. The predicted molar refractivity (Wildman–Crippen MR) is 69.7 cm³/mol. The smallest absolute Gasteiger partial charge is 0.411 e. The number of carbonyl (C=O) groups is 3. The van der Waals surface area contributed by atoms with E-state index in [4.69, 9.17) is 4.74 Å². The van der Waals surface area contributed by atoms with Crippen LogP contribution in [0.15, 0.2) is 0 Å². The molecule has 1 saturated heterocycles. The molecule has 1 aliphatic rings. The van der Waals surface area contributed by atoms with Crippen LogP contribution in [0.25, 0.3) is 0 Å². The molecule has 0 aromatic rings. The highest BCUT2D eigenvalue weighted by Gasteiger charge is 2.36. The molecule has 0 radical (unpaired) electrons. The number of ether oxygens (including phenoxy) is 1. The monoisotopic (exact) mass is 270 g/mol. The van der Waals surface area contributed by atoms with Crippen molar-refractivity contribution in [3.05, 3.63) is 0 Å². The van der Waals surface area contributed by atoms with Crippen molar-refractivity contribution >= 4 is 18.3 Å². The van der Waals surface area contributed by atoms with Crippen LogP contribution in [0.3, 0.4) is 0 Å². The van der Waals surface area contributed by atoms with Gasteiger partial charge in [0.05, 0.1) is 0 Å². The van der Waals surface area contributed by atoms with Crippen LogP contribution in [0.2, 0.25) is 0 Å². The van der Waals surface area contributed by atoms with Gasteiger partial charge in [-0.15, -0.1) is 0 Å². The molecule has 2 amide bonds. The van der Waals surface area contributed by atoms with Gasteiger partial charge in [-0.2, -0.15) is 0 Å². The van der Waals surface area contributed by atoms with Gasteiger partial charge in [-0.3, -0.25) is 9.69 Å². The molecule has 0 aromatic carbocycles. The highest BCUT2D eigenvalue weighted by molar-refractivity contribution is 5.86. The predicted octanol–water partition coefficient (Wildman–Crippen LogP) is 1.04. The lowest BCUT2D eigenvalue weighted by Gasteiger charge is -2.39. The number of aldehydes is 1. The largest absolute Gasteiger partial charge is 0.444 e. The highest BCUT2D eigenvalue weighted by atomic mass is 16.6. The van der Waals surface area contributed by atoms with Crippen LogP contribution in [0.4, 0.5) is 4.79 Å². The Morgan fingerprint density at radius 1 is 1.42 bits per heavy atom. The molecular weight excluding hydrogens is 248 g/mol. The number of carbonyl (C=O) groups excluding carboxylic acids is 3. The number of hydrogen-bond donors (Lipinski definition) is 0. The SMILES string of the molecule is C[C@@H]1C(=O)N(CCC=O)CCN1C(=O)OC(C)(C)C. The number of amides is 2. The van der Waals surface area contributed by atoms with E-state index in [2.05, 4.69) is 0 Å². The fourth-order valence-electron chi connectivity index (χ4n) is 1.93. The van der Waals surface area contributed by atoms with Gasteiger partial charge in [-0.1, -0.05) is 0 Å². The van der Waals surface area contributed by atoms with Crippen molar-refractivity contribution in [2.24, 2.45) is 0 Å². The Morgan fingerprint density at radius 3 is 2.58 bits per heavy atom. The molecule has 0 spiro atoms. The second-order valence-electron chi connectivity index (χ2n) is 5.63. The first-order valence-electron chi connectivity index (χ1n) is 6.48. The topological polar surface area (TPSA) is 66.9 Å². The van der Waals surface area contributed by atoms with Crippen LogP contribution in [-0.2, 0) is 14.3 Å². The van der Waals surface area contributed by atoms with Crippen molar-refractivity contribution in [1.82, 2.24) is 9.80 Å². The van der Waals surface area contributed by atoms with Gasteiger partial charge in [0.25, 0.3) is 0 Å². The molecular formula is C13H22N2O4.